The highest BCUT2D eigenvalue weighted by Gasteiger charge is 2.20. The van der Waals surface area contributed by atoms with Crippen LogP contribution in [0.25, 0.3) is 0 Å². The Morgan fingerprint density at radius 1 is 1.26 bits per heavy atom. The molecule has 0 spiro atoms. The van der Waals surface area contributed by atoms with Crippen molar-refractivity contribution in [3.63, 3.8) is 0 Å². The number of benzene rings is 1. The monoisotopic (exact) mass is 433 g/mol. The van der Waals surface area contributed by atoms with E-state index >= 15 is 0 Å². The molecule has 1 aromatic heterocycles. The molecule has 1 aromatic carbocycles. The summed E-state index contributed by atoms with van der Waals surface area (Å²) >= 11 is 3.50. The van der Waals surface area contributed by atoms with E-state index in [2.05, 4.69) is 77.7 Å². The van der Waals surface area contributed by atoms with Gasteiger partial charge in [-0.2, -0.15) is 5.10 Å². The van der Waals surface area contributed by atoms with Gasteiger partial charge in [0.1, 0.15) is 18.7 Å². The van der Waals surface area contributed by atoms with Gasteiger partial charge in [-0.3, -0.25) is 9.58 Å². The van der Waals surface area contributed by atoms with Gasteiger partial charge in [0.2, 0.25) is 0 Å². The molecule has 3 rings (SSSR count). The van der Waals surface area contributed by atoms with Gasteiger partial charge < -0.3 is 10.6 Å². The lowest BCUT2D eigenvalue weighted by Gasteiger charge is -2.33. The molecule has 1 saturated heterocycles. The van der Waals surface area contributed by atoms with Crippen LogP contribution in [0.1, 0.15) is 31.2 Å². The number of hydrogen-bond donors (Lipinski definition) is 2. The number of aryl methyl sites for hydroxylation is 1. The first-order valence-electron chi connectivity index (χ1n) is 9.48. The number of rotatable bonds is 6. The molecule has 7 nitrogen and oxygen atoms in total. The van der Waals surface area contributed by atoms with E-state index in [-0.39, 0.29) is 0 Å². The highest BCUT2D eigenvalue weighted by atomic mass is 79.9. The first kappa shape index (κ1) is 19.8. The van der Waals surface area contributed by atoms with Gasteiger partial charge in [0.05, 0.1) is 0 Å². The number of halogens is 1. The van der Waals surface area contributed by atoms with Gasteiger partial charge in [-0.15, -0.1) is 0 Å². The number of likely N-dealkylation sites (tertiary alicyclic amines) is 1. The van der Waals surface area contributed by atoms with Crippen molar-refractivity contribution in [2.75, 3.05) is 19.6 Å². The van der Waals surface area contributed by atoms with Crippen LogP contribution < -0.4 is 10.6 Å². The summed E-state index contributed by atoms with van der Waals surface area (Å²) in [5.74, 6) is 1.71. The Morgan fingerprint density at radius 3 is 2.63 bits per heavy atom. The molecule has 2 N–H and O–H groups in total. The number of nitrogens with one attached hydrogen (secondary N) is 2. The average Bonchev–Trinajstić information content (AvgIpc) is 3.08. The third-order valence-electron chi connectivity index (χ3n) is 4.78. The van der Waals surface area contributed by atoms with Gasteiger partial charge in [-0.25, -0.2) is 9.98 Å². The van der Waals surface area contributed by atoms with Crippen LogP contribution in [0.15, 0.2) is 40.1 Å². The van der Waals surface area contributed by atoms with Gasteiger partial charge >= 0.3 is 0 Å². The molecule has 1 fully saturated rings. The second-order valence-electron chi connectivity index (χ2n) is 6.82. The van der Waals surface area contributed by atoms with Crippen LogP contribution in [0, 0.1) is 0 Å². The number of nitrogens with zero attached hydrogens (tertiary/aromatic N) is 5. The Morgan fingerprint density at radius 2 is 2.00 bits per heavy atom. The van der Waals surface area contributed by atoms with Crippen LogP contribution in [0.3, 0.4) is 0 Å². The predicted molar refractivity (Wildman–Crippen MR) is 111 cm³/mol. The van der Waals surface area contributed by atoms with Crippen molar-refractivity contribution in [1.82, 2.24) is 30.3 Å². The molecule has 0 aliphatic carbocycles. The minimum atomic E-state index is 0.448. The van der Waals surface area contributed by atoms with Gasteiger partial charge in [0.15, 0.2) is 5.96 Å². The topological polar surface area (TPSA) is 70.4 Å². The largest absolute Gasteiger partial charge is 0.357 e. The lowest BCUT2D eigenvalue weighted by atomic mass is 10.0. The third kappa shape index (κ3) is 6.04. The van der Waals surface area contributed by atoms with Crippen molar-refractivity contribution in [3.05, 3.63) is 46.5 Å². The highest BCUT2D eigenvalue weighted by Crippen LogP contribution is 2.16. The van der Waals surface area contributed by atoms with E-state index in [4.69, 9.17) is 0 Å². The van der Waals surface area contributed by atoms with Gasteiger partial charge in [-0.1, -0.05) is 28.1 Å². The van der Waals surface area contributed by atoms with E-state index < -0.39 is 0 Å². The van der Waals surface area contributed by atoms with Crippen LogP contribution in [0.2, 0.25) is 0 Å². The molecule has 1 aliphatic rings. The summed E-state index contributed by atoms with van der Waals surface area (Å²) in [5, 5.41) is 11.0. The second kappa shape index (κ2) is 9.85. The number of piperidine rings is 1. The summed E-state index contributed by atoms with van der Waals surface area (Å²) < 4.78 is 2.89. The van der Waals surface area contributed by atoms with Crippen LogP contribution in [0.5, 0.6) is 0 Å². The van der Waals surface area contributed by atoms with E-state index in [0.717, 1.165) is 55.3 Å². The summed E-state index contributed by atoms with van der Waals surface area (Å²) in [5.41, 5.74) is 1.36. The van der Waals surface area contributed by atoms with Crippen LogP contribution in [0.4, 0.5) is 0 Å². The Bertz CT molecular complexity index is 733. The van der Waals surface area contributed by atoms with Gasteiger partial charge in [0, 0.05) is 43.7 Å². The van der Waals surface area contributed by atoms with E-state index in [0.29, 0.717) is 12.6 Å². The third-order valence-corrected chi connectivity index (χ3v) is 5.30. The maximum atomic E-state index is 4.66. The summed E-state index contributed by atoms with van der Waals surface area (Å²) in [6.07, 6.45) is 3.79. The number of hydrogen-bond acceptors (Lipinski definition) is 4. The van der Waals surface area contributed by atoms with E-state index in [1.165, 1.54) is 5.56 Å². The Hall–Kier alpha value is -1.93. The van der Waals surface area contributed by atoms with Crippen molar-refractivity contribution in [1.29, 1.82) is 0 Å². The molecule has 0 bridgehead atoms. The smallest absolute Gasteiger partial charge is 0.191 e. The van der Waals surface area contributed by atoms with Crippen molar-refractivity contribution in [2.45, 2.75) is 38.9 Å². The summed E-state index contributed by atoms with van der Waals surface area (Å²) in [6.45, 7) is 6.65. The Balaban J connectivity index is 1.48. The maximum Gasteiger partial charge on any atom is 0.191 e. The van der Waals surface area contributed by atoms with Crippen molar-refractivity contribution in [2.24, 2.45) is 12.0 Å². The average molecular weight is 434 g/mol. The zero-order valence-electron chi connectivity index (χ0n) is 16.0. The molecule has 0 saturated carbocycles. The standard InChI is InChI=1S/C19H28BrN7/c1-3-21-19(22-12-18-23-14-24-26(18)2)25-17-8-10-27(11-9-17)13-15-4-6-16(20)7-5-15/h4-7,14,17H,3,8-13H2,1-2H3,(H2,21,22,25). The normalized spacial score (nSPS) is 16.5. The Kier molecular flexibility index (Phi) is 7.23. The number of aliphatic imine (C=N–C) groups is 1. The van der Waals surface area contributed by atoms with Crippen molar-refractivity contribution < 1.29 is 0 Å². The molecule has 8 heteroatoms. The SMILES string of the molecule is CCNC(=NCc1ncnn1C)NC1CCN(Cc2ccc(Br)cc2)CC1. The lowest BCUT2D eigenvalue weighted by Crippen LogP contribution is -2.48. The van der Waals surface area contributed by atoms with Crippen LogP contribution >= 0.6 is 15.9 Å². The molecule has 0 radical (unpaired) electrons. The van der Waals surface area contributed by atoms with E-state index in [1.807, 2.05) is 7.05 Å². The highest BCUT2D eigenvalue weighted by molar-refractivity contribution is 9.10. The van der Waals surface area contributed by atoms with Crippen LogP contribution in [-0.2, 0) is 20.1 Å². The molecule has 0 atom stereocenters. The summed E-state index contributed by atoms with van der Waals surface area (Å²) in [6, 6.07) is 9.05. The van der Waals surface area contributed by atoms with E-state index in [1.54, 1.807) is 11.0 Å². The molecule has 2 heterocycles. The van der Waals surface area contributed by atoms with E-state index in [9.17, 15) is 0 Å². The van der Waals surface area contributed by atoms with Crippen LogP contribution in [-0.4, -0.2) is 51.3 Å². The van der Waals surface area contributed by atoms with Crippen molar-refractivity contribution in [3.8, 4) is 0 Å². The molecular formula is C19H28BrN7. The lowest BCUT2D eigenvalue weighted by molar-refractivity contribution is 0.198. The van der Waals surface area contributed by atoms with Crippen molar-refractivity contribution >= 4 is 21.9 Å². The van der Waals surface area contributed by atoms with Gasteiger partial charge in [0.25, 0.3) is 0 Å². The molecule has 2 aromatic rings. The minimum absolute atomic E-state index is 0.448. The molecular weight excluding hydrogens is 406 g/mol. The number of guanidine groups is 1. The first-order valence-corrected chi connectivity index (χ1v) is 10.3. The quantitative estimate of drug-likeness (QED) is 0.540. The second-order valence-corrected chi connectivity index (χ2v) is 7.73. The zero-order valence-corrected chi connectivity index (χ0v) is 17.6. The molecule has 0 unspecified atom stereocenters. The summed E-state index contributed by atoms with van der Waals surface area (Å²) in [7, 11) is 1.89. The zero-order chi connectivity index (χ0) is 19.1. The molecule has 0 amide bonds. The Labute approximate surface area is 169 Å². The fraction of sp³-hybridized carbons (Fsp3) is 0.526. The fourth-order valence-electron chi connectivity index (χ4n) is 3.21. The minimum Gasteiger partial charge on any atom is -0.357 e. The molecule has 27 heavy (non-hydrogen) atoms. The maximum absolute atomic E-state index is 4.66. The molecule has 1 aliphatic heterocycles. The number of aromatic nitrogens is 3. The predicted octanol–water partition coefficient (Wildman–Crippen LogP) is 2.30. The summed E-state index contributed by atoms with van der Waals surface area (Å²) in [4.78, 5) is 11.4. The fourth-order valence-corrected chi connectivity index (χ4v) is 3.47. The van der Waals surface area contributed by atoms with Gasteiger partial charge in [-0.05, 0) is 37.5 Å². The molecule has 146 valence electrons. The first-order chi connectivity index (χ1) is 13.1.